The van der Waals surface area contributed by atoms with Gasteiger partial charge in [0.1, 0.15) is 0 Å². The molecule has 1 atom stereocenters. The van der Waals surface area contributed by atoms with Crippen LogP contribution in [0.1, 0.15) is 35.2 Å². The lowest BCUT2D eigenvalue weighted by molar-refractivity contribution is 0.0951. The maximum atomic E-state index is 12.4. The second-order valence-electron chi connectivity index (χ2n) is 5.54. The van der Waals surface area contributed by atoms with Gasteiger partial charge >= 0.3 is 0 Å². The third-order valence-corrected chi connectivity index (χ3v) is 4.84. The quantitative estimate of drug-likeness (QED) is 0.657. The molecule has 1 unspecified atom stereocenters. The number of methoxy groups -OCH3 is 2. The Hall–Kier alpha value is -1.76. The highest BCUT2D eigenvalue weighted by molar-refractivity contribution is 14.1. The first-order valence-corrected chi connectivity index (χ1v) is 8.89. The summed E-state index contributed by atoms with van der Waals surface area (Å²) in [6, 6.07) is 13.8. The van der Waals surface area contributed by atoms with Gasteiger partial charge in [-0.15, -0.1) is 0 Å². The smallest absolute Gasteiger partial charge is 0.252 e. The number of benzene rings is 2. The van der Waals surface area contributed by atoms with Crippen LogP contribution < -0.4 is 14.8 Å². The minimum Gasteiger partial charge on any atom is -0.493 e. The second kappa shape index (κ2) is 8.92. The zero-order valence-electron chi connectivity index (χ0n) is 14.1. The molecule has 2 aromatic carbocycles. The number of nitrogens with one attached hydrogen (secondary N) is 1. The number of carbonyl (C=O) groups excluding carboxylic acids is 1. The van der Waals surface area contributed by atoms with E-state index in [1.165, 1.54) is 5.56 Å². The molecule has 1 amide bonds. The summed E-state index contributed by atoms with van der Waals surface area (Å²) in [5, 5.41) is 2.99. The largest absolute Gasteiger partial charge is 0.493 e. The third kappa shape index (κ3) is 4.63. The lowest BCUT2D eigenvalue weighted by Crippen LogP contribution is -2.26. The Kier molecular flexibility index (Phi) is 6.90. The number of hydrogen-bond donors (Lipinski definition) is 1. The summed E-state index contributed by atoms with van der Waals surface area (Å²) < 4.78 is 11.4. The van der Waals surface area contributed by atoms with Gasteiger partial charge < -0.3 is 14.8 Å². The number of halogens is 1. The van der Waals surface area contributed by atoms with E-state index < -0.39 is 0 Å². The first kappa shape index (κ1) is 18.6. The van der Waals surface area contributed by atoms with Crippen molar-refractivity contribution in [2.45, 2.75) is 19.3 Å². The van der Waals surface area contributed by atoms with E-state index >= 15 is 0 Å². The van der Waals surface area contributed by atoms with Gasteiger partial charge in [-0.1, -0.05) is 37.3 Å². The van der Waals surface area contributed by atoms with Crippen LogP contribution in [-0.4, -0.2) is 26.7 Å². The molecule has 128 valence electrons. The molecule has 0 bridgehead atoms. The van der Waals surface area contributed by atoms with Crippen LogP contribution in [0, 0.1) is 3.57 Å². The van der Waals surface area contributed by atoms with Gasteiger partial charge in [0.15, 0.2) is 11.5 Å². The highest BCUT2D eigenvalue weighted by Gasteiger charge is 2.15. The number of ether oxygens (including phenoxy) is 2. The topological polar surface area (TPSA) is 47.6 Å². The minimum absolute atomic E-state index is 0.0967. The molecule has 0 aromatic heterocycles. The molecule has 0 aliphatic heterocycles. The average molecular weight is 439 g/mol. The van der Waals surface area contributed by atoms with Gasteiger partial charge in [-0.05, 0) is 52.6 Å². The van der Waals surface area contributed by atoms with Crippen LogP contribution in [0.15, 0.2) is 42.5 Å². The molecule has 0 heterocycles. The molecule has 1 N–H and O–H groups in total. The van der Waals surface area contributed by atoms with Gasteiger partial charge in [0, 0.05) is 10.1 Å². The van der Waals surface area contributed by atoms with E-state index in [9.17, 15) is 4.79 Å². The molecule has 2 rings (SSSR count). The van der Waals surface area contributed by atoms with E-state index in [2.05, 4.69) is 47.0 Å². The number of rotatable bonds is 7. The van der Waals surface area contributed by atoms with E-state index in [-0.39, 0.29) is 5.91 Å². The Bertz CT molecular complexity index is 689. The zero-order chi connectivity index (χ0) is 17.5. The predicted molar refractivity (Wildman–Crippen MR) is 104 cm³/mol. The van der Waals surface area contributed by atoms with E-state index in [1.807, 2.05) is 18.2 Å². The molecule has 24 heavy (non-hydrogen) atoms. The van der Waals surface area contributed by atoms with Gasteiger partial charge in [-0.25, -0.2) is 0 Å². The maximum Gasteiger partial charge on any atom is 0.252 e. The molecule has 0 radical (unpaired) electrons. The van der Waals surface area contributed by atoms with E-state index in [4.69, 9.17) is 9.47 Å². The summed E-state index contributed by atoms with van der Waals surface area (Å²) in [6.07, 6.45) is 0.889. The summed E-state index contributed by atoms with van der Waals surface area (Å²) in [7, 11) is 3.15. The van der Waals surface area contributed by atoms with Crippen molar-refractivity contribution in [1.82, 2.24) is 5.32 Å². The van der Waals surface area contributed by atoms with Crippen LogP contribution in [0.2, 0.25) is 0 Å². The Morgan fingerprint density at radius 2 is 1.75 bits per heavy atom. The molecule has 0 aliphatic rings. The van der Waals surface area contributed by atoms with E-state index in [0.29, 0.717) is 29.5 Å². The lowest BCUT2D eigenvalue weighted by Gasteiger charge is -2.14. The molecule has 4 nitrogen and oxygen atoms in total. The minimum atomic E-state index is -0.0967. The van der Waals surface area contributed by atoms with Crippen molar-refractivity contribution in [1.29, 1.82) is 0 Å². The van der Waals surface area contributed by atoms with Crippen molar-refractivity contribution >= 4 is 28.5 Å². The van der Waals surface area contributed by atoms with Gasteiger partial charge in [0.05, 0.1) is 19.8 Å². The van der Waals surface area contributed by atoms with Crippen molar-refractivity contribution in [3.05, 3.63) is 57.2 Å². The Labute approximate surface area is 156 Å². The molecule has 0 saturated heterocycles. The SMILES string of the molecule is COc1cc(I)c(C(=O)NCCC(C)c2ccccc2)cc1OC. The summed E-state index contributed by atoms with van der Waals surface area (Å²) in [5.74, 6) is 1.48. The molecule has 0 aliphatic carbocycles. The highest BCUT2D eigenvalue weighted by Crippen LogP contribution is 2.31. The fourth-order valence-electron chi connectivity index (χ4n) is 2.47. The Morgan fingerprint density at radius 1 is 1.12 bits per heavy atom. The van der Waals surface area contributed by atoms with Crippen LogP contribution in [-0.2, 0) is 0 Å². The van der Waals surface area contributed by atoms with Crippen molar-refractivity contribution in [3.8, 4) is 11.5 Å². The predicted octanol–water partition coefficient (Wildman–Crippen LogP) is 4.23. The number of amides is 1. The summed E-state index contributed by atoms with van der Waals surface area (Å²) in [4.78, 5) is 12.4. The number of carbonyl (C=O) groups is 1. The monoisotopic (exact) mass is 439 g/mol. The van der Waals surface area contributed by atoms with Gasteiger partial charge in [0.25, 0.3) is 5.91 Å². The molecular weight excluding hydrogens is 417 g/mol. The van der Waals surface area contributed by atoms with Crippen LogP contribution in [0.4, 0.5) is 0 Å². The highest BCUT2D eigenvalue weighted by atomic mass is 127. The zero-order valence-corrected chi connectivity index (χ0v) is 16.3. The fraction of sp³-hybridized carbons (Fsp3) is 0.316. The standard InChI is InChI=1S/C19H22INO3/c1-13(14-7-5-4-6-8-14)9-10-21-19(22)15-11-17(23-2)18(24-3)12-16(15)20/h4-8,11-13H,9-10H2,1-3H3,(H,21,22). The van der Waals surface area contributed by atoms with Gasteiger partial charge in [0.2, 0.25) is 0 Å². The third-order valence-electron chi connectivity index (χ3n) is 3.95. The molecule has 2 aromatic rings. The Morgan fingerprint density at radius 3 is 2.38 bits per heavy atom. The second-order valence-corrected chi connectivity index (χ2v) is 6.71. The van der Waals surface area contributed by atoms with Crippen LogP contribution in [0.3, 0.4) is 0 Å². The maximum absolute atomic E-state index is 12.4. The number of hydrogen-bond acceptors (Lipinski definition) is 3. The molecule has 0 spiro atoms. The van der Waals surface area contributed by atoms with E-state index in [1.54, 1.807) is 26.4 Å². The molecular formula is C19H22INO3. The van der Waals surface area contributed by atoms with E-state index in [0.717, 1.165) is 9.99 Å². The normalized spacial score (nSPS) is 11.7. The lowest BCUT2D eigenvalue weighted by atomic mass is 9.98. The van der Waals surface area contributed by atoms with Crippen molar-refractivity contribution in [2.75, 3.05) is 20.8 Å². The summed E-state index contributed by atoms with van der Waals surface area (Å²) >= 11 is 2.14. The average Bonchev–Trinajstić information content (AvgIpc) is 2.61. The van der Waals surface area contributed by atoms with Crippen molar-refractivity contribution in [2.24, 2.45) is 0 Å². The summed E-state index contributed by atoms with van der Waals surface area (Å²) in [6.45, 7) is 2.79. The van der Waals surface area contributed by atoms with Crippen LogP contribution in [0.25, 0.3) is 0 Å². The van der Waals surface area contributed by atoms with Crippen molar-refractivity contribution < 1.29 is 14.3 Å². The molecule has 0 fully saturated rings. The van der Waals surface area contributed by atoms with Crippen LogP contribution in [0.5, 0.6) is 11.5 Å². The van der Waals surface area contributed by atoms with Crippen molar-refractivity contribution in [3.63, 3.8) is 0 Å². The summed E-state index contributed by atoms with van der Waals surface area (Å²) in [5.41, 5.74) is 1.88. The Balaban J connectivity index is 1.98. The van der Waals surface area contributed by atoms with Gasteiger partial charge in [-0.3, -0.25) is 4.79 Å². The van der Waals surface area contributed by atoms with Gasteiger partial charge in [-0.2, -0.15) is 0 Å². The first-order chi connectivity index (χ1) is 11.6. The first-order valence-electron chi connectivity index (χ1n) is 7.81. The molecule has 0 saturated carbocycles. The van der Waals surface area contributed by atoms with Crippen LogP contribution >= 0.6 is 22.6 Å². The fourth-order valence-corrected chi connectivity index (χ4v) is 3.16. The molecule has 5 heteroatoms.